The van der Waals surface area contributed by atoms with Crippen LogP contribution in [0.15, 0.2) is 18.2 Å². The van der Waals surface area contributed by atoms with Crippen molar-refractivity contribution < 1.29 is 14.3 Å². The Hall–Kier alpha value is -1.75. The third kappa shape index (κ3) is 5.63. The van der Waals surface area contributed by atoms with Gasteiger partial charge in [0.1, 0.15) is 11.5 Å². The minimum Gasteiger partial charge on any atom is -0.497 e. The molecule has 3 N–H and O–H groups in total. The van der Waals surface area contributed by atoms with Crippen molar-refractivity contribution >= 4 is 5.91 Å². The molecule has 0 saturated carbocycles. The fourth-order valence-electron chi connectivity index (χ4n) is 1.94. The highest BCUT2D eigenvalue weighted by atomic mass is 16.5. The van der Waals surface area contributed by atoms with Crippen LogP contribution in [-0.2, 0) is 11.2 Å². The van der Waals surface area contributed by atoms with Gasteiger partial charge in [0.05, 0.1) is 7.11 Å². The molecule has 21 heavy (non-hydrogen) atoms. The molecule has 5 heteroatoms. The highest BCUT2D eigenvalue weighted by Gasteiger charge is 2.16. The Morgan fingerprint density at radius 1 is 1.38 bits per heavy atom. The minimum atomic E-state index is -0.545. The summed E-state index contributed by atoms with van der Waals surface area (Å²) in [7, 11) is 1.62. The van der Waals surface area contributed by atoms with Gasteiger partial charge in [-0.25, -0.2) is 0 Å². The zero-order valence-corrected chi connectivity index (χ0v) is 13.3. The smallest absolute Gasteiger partial charge is 0.260 e. The monoisotopic (exact) mass is 294 g/mol. The molecule has 0 aliphatic carbocycles. The van der Waals surface area contributed by atoms with Crippen LogP contribution >= 0.6 is 0 Å². The third-order valence-corrected chi connectivity index (χ3v) is 3.03. The molecule has 0 spiro atoms. The lowest BCUT2D eigenvalue weighted by molar-refractivity contribution is -0.127. The summed E-state index contributed by atoms with van der Waals surface area (Å²) < 4.78 is 11.0. The number of hydrogen-bond donors (Lipinski definition) is 2. The van der Waals surface area contributed by atoms with E-state index in [1.165, 1.54) is 0 Å². The Labute approximate surface area is 126 Å². The first-order chi connectivity index (χ1) is 9.97. The Balaban J connectivity index is 2.83. The molecule has 2 unspecified atom stereocenters. The van der Waals surface area contributed by atoms with Gasteiger partial charge in [-0.2, -0.15) is 0 Å². The molecule has 0 radical (unpaired) electrons. The van der Waals surface area contributed by atoms with E-state index in [-0.39, 0.29) is 11.9 Å². The van der Waals surface area contributed by atoms with Crippen molar-refractivity contribution in [1.82, 2.24) is 5.32 Å². The van der Waals surface area contributed by atoms with Crippen LogP contribution in [-0.4, -0.2) is 31.7 Å². The van der Waals surface area contributed by atoms with Crippen molar-refractivity contribution in [2.24, 2.45) is 5.73 Å². The maximum atomic E-state index is 11.9. The second-order valence-corrected chi connectivity index (χ2v) is 5.21. The van der Waals surface area contributed by atoms with E-state index >= 15 is 0 Å². The number of methoxy groups -OCH3 is 1. The van der Waals surface area contributed by atoms with E-state index in [1.54, 1.807) is 14.0 Å². The van der Waals surface area contributed by atoms with Gasteiger partial charge in [-0.3, -0.25) is 4.79 Å². The van der Waals surface area contributed by atoms with E-state index in [0.29, 0.717) is 18.7 Å². The van der Waals surface area contributed by atoms with Gasteiger partial charge in [0.2, 0.25) is 0 Å². The maximum Gasteiger partial charge on any atom is 0.260 e. The molecule has 0 heterocycles. The summed E-state index contributed by atoms with van der Waals surface area (Å²) in [6.07, 6.45) is 1.02. The average molecular weight is 294 g/mol. The molecule has 2 atom stereocenters. The van der Waals surface area contributed by atoms with Crippen molar-refractivity contribution in [1.29, 1.82) is 0 Å². The van der Waals surface area contributed by atoms with Crippen LogP contribution in [0.4, 0.5) is 0 Å². The molecule has 1 aromatic rings. The Kier molecular flexibility index (Phi) is 7.02. The highest BCUT2D eigenvalue weighted by molar-refractivity contribution is 5.80. The normalized spacial score (nSPS) is 13.4. The molecule has 118 valence electrons. The topological polar surface area (TPSA) is 73.6 Å². The molecule has 0 fully saturated rings. The summed E-state index contributed by atoms with van der Waals surface area (Å²) in [5, 5.41) is 2.82. The maximum absolute atomic E-state index is 11.9. The lowest BCUT2D eigenvalue weighted by Gasteiger charge is -2.18. The van der Waals surface area contributed by atoms with Crippen LogP contribution in [0.25, 0.3) is 0 Å². The molecule has 0 bridgehead atoms. The Morgan fingerprint density at radius 3 is 2.67 bits per heavy atom. The summed E-state index contributed by atoms with van der Waals surface area (Å²) in [6.45, 7) is 6.34. The Bertz CT molecular complexity index is 461. The van der Waals surface area contributed by atoms with Crippen LogP contribution in [0.2, 0.25) is 0 Å². The lowest BCUT2D eigenvalue weighted by Crippen LogP contribution is -2.36. The number of ether oxygens (including phenoxy) is 2. The number of carbonyl (C=O) groups is 1. The fraction of sp³-hybridized carbons (Fsp3) is 0.562. The number of amides is 1. The Morgan fingerprint density at radius 2 is 2.10 bits per heavy atom. The molecule has 1 amide bonds. The van der Waals surface area contributed by atoms with E-state index in [9.17, 15) is 4.79 Å². The van der Waals surface area contributed by atoms with Gasteiger partial charge in [-0.1, -0.05) is 6.92 Å². The van der Waals surface area contributed by atoms with Crippen molar-refractivity contribution in [3.63, 3.8) is 0 Å². The predicted octanol–water partition coefficient (Wildman–Crippen LogP) is 1.88. The second-order valence-electron chi connectivity index (χ2n) is 5.21. The van der Waals surface area contributed by atoms with Gasteiger partial charge in [-0.05, 0) is 50.5 Å². The van der Waals surface area contributed by atoms with E-state index < -0.39 is 6.10 Å². The SMILES string of the molecule is CCCNC(=O)C(C)Oc1ccc(OC)cc1CC(C)N. The summed E-state index contributed by atoms with van der Waals surface area (Å²) in [6, 6.07) is 5.54. The van der Waals surface area contributed by atoms with Crippen molar-refractivity contribution in [3.8, 4) is 11.5 Å². The molecule has 0 aliphatic rings. The number of carbonyl (C=O) groups excluding carboxylic acids is 1. The van der Waals surface area contributed by atoms with E-state index in [1.807, 2.05) is 32.0 Å². The number of benzene rings is 1. The zero-order valence-electron chi connectivity index (χ0n) is 13.3. The third-order valence-electron chi connectivity index (χ3n) is 3.03. The van der Waals surface area contributed by atoms with E-state index in [2.05, 4.69) is 5.32 Å². The molecule has 1 rings (SSSR count). The van der Waals surface area contributed by atoms with Crippen LogP contribution < -0.4 is 20.5 Å². The summed E-state index contributed by atoms with van der Waals surface area (Å²) in [4.78, 5) is 11.9. The highest BCUT2D eigenvalue weighted by Crippen LogP contribution is 2.26. The molecule has 5 nitrogen and oxygen atoms in total. The first-order valence-electron chi connectivity index (χ1n) is 7.34. The lowest BCUT2D eigenvalue weighted by atomic mass is 10.1. The minimum absolute atomic E-state index is 0.00341. The predicted molar refractivity (Wildman–Crippen MR) is 83.7 cm³/mol. The summed E-state index contributed by atoms with van der Waals surface area (Å²) in [5.74, 6) is 1.31. The van der Waals surface area contributed by atoms with Crippen molar-refractivity contribution in [3.05, 3.63) is 23.8 Å². The van der Waals surface area contributed by atoms with E-state index in [0.717, 1.165) is 17.7 Å². The largest absolute Gasteiger partial charge is 0.497 e. The second kappa shape index (κ2) is 8.52. The van der Waals surface area contributed by atoms with Crippen LogP contribution in [0.5, 0.6) is 11.5 Å². The van der Waals surface area contributed by atoms with Crippen LogP contribution in [0.3, 0.4) is 0 Å². The van der Waals surface area contributed by atoms with Crippen LogP contribution in [0.1, 0.15) is 32.8 Å². The quantitative estimate of drug-likeness (QED) is 0.768. The number of hydrogen-bond acceptors (Lipinski definition) is 4. The van der Waals surface area contributed by atoms with Gasteiger partial charge in [0, 0.05) is 12.6 Å². The van der Waals surface area contributed by atoms with Crippen LogP contribution in [0, 0.1) is 0 Å². The van der Waals surface area contributed by atoms with Gasteiger partial charge < -0.3 is 20.5 Å². The zero-order chi connectivity index (χ0) is 15.8. The van der Waals surface area contributed by atoms with Crippen molar-refractivity contribution in [2.45, 2.75) is 45.8 Å². The summed E-state index contributed by atoms with van der Waals surface area (Å²) >= 11 is 0. The van der Waals surface area contributed by atoms with Crippen molar-refractivity contribution in [2.75, 3.05) is 13.7 Å². The number of nitrogens with two attached hydrogens (primary N) is 1. The van der Waals surface area contributed by atoms with Gasteiger partial charge >= 0.3 is 0 Å². The number of nitrogens with one attached hydrogen (secondary N) is 1. The van der Waals surface area contributed by atoms with Gasteiger partial charge in [0.15, 0.2) is 6.10 Å². The molecule has 0 aliphatic heterocycles. The first-order valence-corrected chi connectivity index (χ1v) is 7.34. The number of rotatable bonds is 8. The average Bonchev–Trinajstić information content (AvgIpc) is 2.45. The molecule has 0 aromatic heterocycles. The van der Waals surface area contributed by atoms with Gasteiger partial charge in [0.25, 0.3) is 5.91 Å². The molecular formula is C16H26N2O3. The van der Waals surface area contributed by atoms with E-state index in [4.69, 9.17) is 15.2 Å². The molecular weight excluding hydrogens is 268 g/mol. The summed E-state index contributed by atoms with van der Waals surface area (Å²) in [5.41, 5.74) is 6.81. The van der Waals surface area contributed by atoms with Gasteiger partial charge in [-0.15, -0.1) is 0 Å². The first kappa shape index (κ1) is 17.3. The molecule has 0 saturated heterocycles. The standard InChI is InChI=1S/C16H26N2O3/c1-5-8-18-16(19)12(3)21-15-7-6-14(20-4)10-13(15)9-11(2)17/h6-7,10-12H,5,8-9,17H2,1-4H3,(H,18,19). The fourth-order valence-corrected chi connectivity index (χ4v) is 1.94. The molecule has 1 aromatic carbocycles.